The number of hydrogen-bond acceptors (Lipinski definition) is 2. The lowest BCUT2D eigenvalue weighted by Gasteiger charge is -2.29. The van der Waals surface area contributed by atoms with Gasteiger partial charge in [0.2, 0.25) is 0 Å². The largest absolute Gasteiger partial charge is 0.351 e. The molecule has 0 spiro atoms. The highest BCUT2D eigenvalue weighted by atomic mass is 35.5. The van der Waals surface area contributed by atoms with Gasteiger partial charge in [-0.2, -0.15) is 0 Å². The Morgan fingerprint density at radius 2 is 2.00 bits per heavy atom. The highest BCUT2D eigenvalue weighted by Crippen LogP contribution is 2.28. The van der Waals surface area contributed by atoms with Crippen LogP contribution in [0.4, 0.5) is 0 Å². The highest BCUT2D eigenvalue weighted by molar-refractivity contribution is 7.17. The second-order valence-corrected chi connectivity index (χ2v) is 6.35. The van der Waals surface area contributed by atoms with E-state index in [9.17, 15) is 4.79 Å². The minimum atomic E-state index is -0.00107. The molecule has 20 heavy (non-hydrogen) atoms. The first-order valence-electron chi connectivity index (χ1n) is 6.96. The van der Waals surface area contributed by atoms with E-state index in [4.69, 9.17) is 11.6 Å². The van der Waals surface area contributed by atoms with Gasteiger partial charge in [-0.25, -0.2) is 0 Å². The molecule has 0 saturated carbocycles. The summed E-state index contributed by atoms with van der Waals surface area (Å²) >= 11 is 7.68. The highest BCUT2D eigenvalue weighted by Gasteiger charge is 2.26. The van der Waals surface area contributed by atoms with Crippen molar-refractivity contribution < 1.29 is 4.79 Å². The molecule has 1 N–H and O–H groups in total. The summed E-state index contributed by atoms with van der Waals surface area (Å²) in [7, 11) is 0. The van der Waals surface area contributed by atoms with Crippen LogP contribution in [-0.4, -0.2) is 18.3 Å². The Bertz CT molecular complexity index is 581. The monoisotopic (exact) mass is 309 g/mol. The molecule has 0 aliphatic carbocycles. The molecule has 2 rings (SSSR count). The Hall–Kier alpha value is -1.06. The fourth-order valence-corrected chi connectivity index (χ4v) is 3.67. The van der Waals surface area contributed by atoms with Gasteiger partial charge in [-0.15, -0.1) is 22.9 Å². The molecule has 0 bridgehead atoms. The van der Waals surface area contributed by atoms with Gasteiger partial charge in [0.25, 0.3) is 5.91 Å². The van der Waals surface area contributed by atoms with Crippen molar-refractivity contribution in [3.63, 3.8) is 0 Å². The first-order chi connectivity index (χ1) is 9.65. The van der Waals surface area contributed by atoms with Gasteiger partial charge in [-0.05, 0) is 18.9 Å². The molecule has 0 aliphatic rings. The molecule has 1 amide bonds. The third-order valence-electron chi connectivity index (χ3n) is 4.13. The lowest BCUT2D eigenvalue weighted by atomic mass is 9.84. The minimum absolute atomic E-state index is 0.00107. The van der Waals surface area contributed by atoms with E-state index < -0.39 is 0 Å². The molecule has 0 saturated heterocycles. The topological polar surface area (TPSA) is 29.1 Å². The number of nitrogens with one attached hydrogen (secondary N) is 1. The van der Waals surface area contributed by atoms with Crippen LogP contribution in [0.25, 0.3) is 10.1 Å². The summed E-state index contributed by atoms with van der Waals surface area (Å²) in [6.45, 7) is 4.88. The predicted molar refractivity (Wildman–Crippen MR) is 87.9 cm³/mol. The fourth-order valence-electron chi connectivity index (χ4n) is 2.25. The Morgan fingerprint density at radius 3 is 2.65 bits per heavy atom. The summed E-state index contributed by atoms with van der Waals surface area (Å²) < 4.78 is 1.15. The minimum Gasteiger partial charge on any atom is -0.351 e. The van der Waals surface area contributed by atoms with Crippen LogP contribution in [0.3, 0.4) is 0 Å². The molecule has 0 radical (unpaired) electrons. The van der Waals surface area contributed by atoms with Crippen molar-refractivity contribution in [3.05, 3.63) is 35.2 Å². The van der Waals surface area contributed by atoms with Crippen LogP contribution >= 0.6 is 22.9 Å². The third kappa shape index (κ3) is 2.99. The van der Waals surface area contributed by atoms with Crippen molar-refractivity contribution in [3.8, 4) is 0 Å². The molecule has 2 aromatic rings. The van der Waals surface area contributed by atoms with Crippen molar-refractivity contribution in [1.82, 2.24) is 5.32 Å². The summed E-state index contributed by atoms with van der Waals surface area (Å²) in [6, 6.07) is 7.99. The smallest absolute Gasteiger partial charge is 0.252 e. The third-order valence-corrected chi connectivity index (χ3v) is 5.66. The maximum absolute atomic E-state index is 12.4. The van der Waals surface area contributed by atoms with E-state index in [1.54, 1.807) is 11.3 Å². The Balaban J connectivity index is 2.13. The van der Waals surface area contributed by atoms with Gasteiger partial charge in [0.1, 0.15) is 0 Å². The van der Waals surface area contributed by atoms with Crippen LogP contribution in [0.5, 0.6) is 0 Å². The van der Waals surface area contributed by atoms with E-state index in [2.05, 4.69) is 19.2 Å². The molecule has 0 aliphatic heterocycles. The predicted octanol–water partition coefficient (Wildman–Crippen LogP) is 4.68. The van der Waals surface area contributed by atoms with Crippen molar-refractivity contribution >= 4 is 38.9 Å². The van der Waals surface area contributed by atoms with E-state index >= 15 is 0 Å². The standard InChI is InChI=1S/C16H20ClNOS/c1-3-16(4-2,10-17)11-18-15(19)13-9-20-14-8-6-5-7-12(13)14/h5-9H,3-4,10-11H2,1-2H3,(H,18,19). The Labute approximate surface area is 129 Å². The van der Waals surface area contributed by atoms with E-state index in [0.29, 0.717) is 12.4 Å². The molecular weight excluding hydrogens is 290 g/mol. The normalized spacial score (nSPS) is 11.8. The molecule has 4 heteroatoms. The Kier molecular flexibility index (Phi) is 5.06. The lowest BCUT2D eigenvalue weighted by molar-refractivity contribution is 0.0934. The molecule has 1 heterocycles. The lowest BCUT2D eigenvalue weighted by Crippen LogP contribution is -2.38. The summed E-state index contributed by atoms with van der Waals surface area (Å²) in [6.07, 6.45) is 1.94. The summed E-state index contributed by atoms with van der Waals surface area (Å²) in [4.78, 5) is 12.4. The molecule has 108 valence electrons. The second-order valence-electron chi connectivity index (χ2n) is 5.17. The van der Waals surface area contributed by atoms with Gasteiger partial charge < -0.3 is 5.32 Å². The Morgan fingerprint density at radius 1 is 1.30 bits per heavy atom. The number of halogens is 1. The quantitative estimate of drug-likeness (QED) is 0.771. The number of hydrogen-bond donors (Lipinski definition) is 1. The number of carbonyl (C=O) groups is 1. The van der Waals surface area contributed by atoms with Crippen molar-refractivity contribution in [2.45, 2.75) is 26.7 Å². The zero-order valence-corrected chi connectivity index (χ0v) is 13.5. The molecule has 2 nitrogen and oxygen atoms in total. The van der Waals surface area contributed by atoms with E-state index in [1.165, 1.54) is 0 Å². The van der Waals surface area contributed by atoms with Crippen LogP contribution < -0.4 is 5.32 Å². The zero-order valence-electron chi connectivity index (χ0n) is 11.9. The van der Waals surface area contributed by atoms with Gasteiger partial charge in [-0.3, -0.25) is 4.79 Å². The molecule has 1 aromatic heterocycles. The second kappa shape index (κ2) is 6.59. The molecule has 0 unspecified atom stereocenters. The van der Waals surface area contributed by atoms with E-state index in [-0.39, 0.29) is 11.3 Å². The van der Waals surface area contributed by atoms with Crippen molar-refractivity contribution in [2.75, 3.05) is 12.4 Å². The molecule has 1 aromatic carbocycles. The average Bonchev–Trinajstić information content (AvgIpc) is 2.93. The number of rotatable bonds is 6. The van der Waals surface area contributed by atoms with Gasteiger partial charge >= 0.3 is 0 Å². The van der Waals surface area contributed by atoms with Gasteiger partial charge in [-0.1, -0.05) is 32.0 Å². The molecular formula is C16H20ClNOS. The first kappa shape index (κ1) is 15.3. The van der Waals surface area contributed by atoms with Crippen LogP contribution in [0.1, 0.15) is 37.0 Å². The van der Waals surface area contributed by atoms with Crippen LogP contribution in [0, 0.1) is 5.41 Å². The van der Waals surface area contributed by atoms with E-state index in [1.807, 2.05) is 29.6 Å². The number of alkyl halides is 1. The summed E-state index contributed by atoms with van der Waals surface area (Å²) in [5.41, 5.74) is 0.768. The van der Waals surface area contributed by atoms with Gasteiger partial charge in [0.15, 0.2) is 0 Å². The molecule has 0 atom stereocenters. The van der Waals surface area contributed by atoms with Gasteiger partial charge in [0.05, 0.1) is 5.56 Å². The number of thiophene rings is 1. The van der Waals surface area contributed by atoms with Crippen LogP contribution in [0.15, 0.2) is 29.6 Å². The molecule has 0 fully saturated rings. The first-order valence-corrected chi connectivity index (χ1v) is 8.37. The number of carbonyl (C=O) groups excluding carboxylic acids is 1. The summed E-state index contributed by atoms with van der Waals surface area (Å²) in [5, 5.41) is 6.01. The number of benzene rings is 1. The van der Waals surface area contributed by atoms with E-state index in [0.717, 1.165) is 28.5 Å². The average molecular weight is 310 g/mol. The van der Waals surface area contributed by atoms with Crippen molar-refractivity contribution in [1.29, 1.82) is 0 Å². The summed E-state index contributed by atoms with van der Waals surface area (Å²) in [5.74, 6) is 0.573. The maximum Gasteiger partial charge on any atom is 0.252 e. The van der Waals surface area contributed by atoms with Gasteiger partial charge in [0, 0.05) is 33.3 Å². The number of amides is 1. The SMILES string of the molecule is CCC(CC)(CCl)CNC(=O)c1csc2ccccc12. The number of fused-ring (bicyclic) bond motifs is 1. The van der Waals surface area contributed by atoms with Crippen molar-refractivity contribution in [2.24, 2.45) is 5.41 Å². The zero-order chi connectivity index (χ0) is 14.6. The van der Waals surface area contributed by atoms with Crippen LogP contribution in [0.2, 0.25) is 0 Å². The maximum atomic E-state index is 12.4. The van der Waals surface area contributed by atoms with Crippen LogP contribution in [-0.2, 0) is 0 Å². The fraction of sp³-hybridized carbons (Fsp3) is 0.438.